The standard InChI is InChI=1S/C23H32N2O5/c1-15(24-13-17(21(27)28)11-16-7-3-2-4-8-16)20(26)18-9-5-6-10-23(18)12-19(22(29)30)25-14-23/h2-4,7-8,15,17-19,24-25H,5-6,9-14H2,1H3,(H,27,28)(H,29,30)/t15-,17?,18?,19?,23?/m0/s1. The Morgan fingerprint density at radius 1 is 1.20 bits per heavy atom. The Kier molecular flexibility index (Phi) is 7.26. The van der Waals surface area contributed by atoms with Crippen LogP contribution < -0.4 is 10.6 Å². The number of ketones is 1. The number of hydrogen-bond acceptors (Lipinski definition) is 5. The second-order valence-electron chi connectivity index (χ2n) is 8.89. The highest BCUT2D eigenvalue weighted by Crippen LogP contribution is 2.47. The molecule has 0 amide bonds. The van der Waals surface area contributed by atoms with Crippen molar-refractivity contribution in [2.75, 3.05) is 13.1 Å². The molecular weight excluding hydrogens is 384 g/mol. The molecule has 2 aliphatic rings. The van der Waals surface area contributed by atoms with Crippen LogP contribution in [0, 0.1) is 17.3 Å². The molecule has 1 heterocycles. The summed E-state index contributed by atoms with van der Waals surface area (Å²) in [5.74, 6) is -2.48. The highest BCUT2D eigenvalue weighted by atomic mass is 16.4. The molecule has 0 bridgehead atoms. The number of carboxylic acid groups (broad SMARTS) is 2. The molecule has 164 valence electrons. The number of benzene rings is 1. The number of carboxylic acids is 2. The van der Waals surface area contributed by atoms with Crippen molar-refractivity contribution in [3.05, 3.63) is 35.9 Å². The third kappa shape index (κ3) is 5.08. The van der Waals surface area contributed by atoms with Gasteiger partial charge >= 0.3 is 11.9 Å². The lowest BCUT2D eigenvalue weighted by molar-refractivity contribution is -0.142. The van der Waals surface area contributed by atoms with Gasteiger partial charge in [-0.3, -0.25) is 14.4 Å². The maximum Gasteiger partial charge on any atom is 0.320 e. The van der Waals surface area contributed by atoms with Crippen molar-refractivity contribution in [3.63, 3.8) is 0 Å². The van der Waals surface area contributed by atoms with E-state index in [2.05, 4.69) is 10.6 Å². The van der Waals surface area contributed by atoms with Gasteiger partial charge in [0.1, 0.15) is 6.04 Å². The highest BCUT2D eigenvalue weighted by Gasteiger charge is 2.51. The van der Waals surface area contributed by atoms with Crippen LogP contribution in [0.3, 0.4) is 0 Å². The molecule has 1 saturated heterocycles. The molecule has 4 N–H and O–H groups in total. The van der Waals surface area contributed by atoms with Gasteiger partial charge in [0.05, 0.1) is 12.0 Å². The van der Waals surface area contributed by atoms with Crippen molar-refractivity contribution >= 4 is 17.7 Å². The number of carbonyl (C=O) groups is 3. The number of rotatable bonds is 9. The zero-order chi connectivity index (χ0) is 21.7. The van der Waals surface area contributed by atoms with E-state index in [1.54, 1.807) is 6.92 Å². The van der Waals surface area contributed by atoms with E-state index < -0.39 is 29.9 Å². The first-order valence-corrected chi connectivity index (χ1v) is 10.8. The molecule has 1 aliphatic carbocycles. The highest BCUT2D eigenvalue weighted by molar-refractivity contribution is 5.87. The van der Waals surface area contributed by atoms with Gasteiger partial charge in [0.2, 0.25) is 0 Å². The fourth-order valence-corrected chi connectivity index (χ4v) is 5.12. The Hall–Kier alpha value is -2.25. The van der Waals surface area contributed by atoms with E-state index in [1.165, 1.54) is 0 Å². The first kappa shape index (κ1) is 22.4. The lowest BCUT2D eigenvalue weighted by Crippen LogP contribution is -2.48. The zero-order valence-electron chi connectivity index (χ0n) is 17.5. The number of nitrogens with one attached hydrogen (secondary N) is 2. The van der Waals surface area contributed by atoms with Gasteiger partial charge in [0, 0.05) is 19.0 Å². The van der Waals surface area contributed by atoms with Gasteiger partial charge in [-0.2, -0.15) is 0 Å². The van der Waals surface area contributed by atoms with Crippen molar-refractivity contribution in [2.24, 2.45) is 17.3 Å². The van der Waals surface area contributed by atoms with Gasteiger partial charge in [-0.05, 0) is 43.6 Å². The molecule has 3 rings (SSSR count). The second-order valence-corrected chi connectivity index (χ2v) is 8.89. The molecule has 7 heteroatoms. The Balaban J connectivity index is 1.62. The van der Waals surface area contributed by atoms with Crippen LogP contribution in [-0.4, -0.2) is 53.1 Å². The summed E-state index contributed by atoms with van der Waals surface area (Å²) < 4.78 is 0. The molecule has 1 aliphatic heterocycles. The van der Waals surface area contributed by atoms with Crippen LogP contribution in [0.2, 0.25) is 0 Å². The van der Waals surface area contributed by atoms with Crippen molar-refractivity contribution in [2.45, 2.75) is 57.5 Å². The normalized spacial score (nSPS) is 28.2. The summed E-state index contributed by atoms with van der Waals surface area (Å²) in [6.45, 7) is 2.56. The first-order chi connectivity index (χ1) is 14.3. The van der Waals surface area contributed by atoms with Gasteiger partial charge < -0.3 is 20.8 Å². The molecule has 1 aromatic rings. The molecule has 0 aromatic heterocycles. The SMILES string of the molecule is C[C@H](NCC(Cc1ccccc1)C(=O)O)C(=O)C1CCCCC12CNC(C(=O)O)C2. The Labute approximate surface area is 177 Å². The largest absolute Gasteiger partial charge is 0.481 e. The minimum absolute atomic E-state index is 0.0754. The van der Waals surface area contributed by atoms with E-state index in [9.17, 15) is 24.6 Å². The Bertz CT molecular complexity index is 768. The quantitative estimate of drug-likeness (QED) is 0.487. The average Bonchev–Trinajstić information content (AvgIpc) is 3.15. The van der Waals surface area contributed by atoms with Gasteiger partial charge in [-0.1, -0.05) is 43.2 Å². The molecule has 2 fully saturated rings. The summed E-state index contributed by atoms with van der Waals surface area (Å²) in [6, 6.07) is 8.41. The fraction of sp³-hybridized carbons (Fsp3) is 0.609. The number of aliphatic carboxylic acids is 2. The minimum atomic E-state index is -0.885. The number of carbonyl (C=O) groups excluding carboxylic acids is 1. The van der Waals surface area contributed by atoms with E-state index in [4.69, 9.17) is 0 Å². The summed E-state index contributed by atoms with van der Waals surface area (Å²) >= 11 is 0. The third-order valence-electron chi connectivity index (χ3n) is 6.88. The van der Waals surface area contributed by atoms with Crippen LogP contribution in [0.15, 0.2) is 30.3 Å². The fourth-order valence-electron chi connectivity index (χ4n) is 5.12. The Morgan fingerprint density at radius 2 is 1.93 bits per heavy atom. The van der Waals surface area contributed by atoms with Gasteiger partial charge in [-0.15, -0.1) is 0 Å². The summed E-state index contributed by atoms with van der Waals surface area (Å²) in [6.07, 6.45) is 4.49. The van der Waals surface area contributed by atoms with Crippen molar-refractivity contribution in [1.82, 2.24) is 10.6 Å². The van der Waals surface area contributed by atoms with Crippen LogP contribution in [0.4, 0.5) is 0 Å². The predicted molar refractivity (Wildman–Crippen MR) is 112 cm³/mol. The average molecular weight is 417 g/mol. The molecular formula is C23H32N2O5. The van der Waals surface area contributed by atoms with Gasteiger partial charge in [-0.25, -0.2) is 0 Å². The predicted octanol–water partition coefficient (Wildman–Crippen LogP) is 2.10. The number of hydrogen-bond donors (Lipinski definition) is 4. The first-order valence-electron chi connectivity index (χ1n) is 10.8. The molecule has 0 radical (unpaired) electrons. The third-order valence-corrected chi connectivity index (χ3v) is 6.88. The lowest BCUT2D eigenvalue weighted by Gasteiger charge is -2.41. The topological polar surface area (TPSA) is 116 Å². The zero-order valence-corrected chi connectivity index (χ0v) is 17.5. The van der Waals surface area contributed by atoms with Crippen molar-refractivity contribution < 1.29 is 24.6 Å². The molecule has 1 aromatic carbocycles. The molecule has 5 atom stereocenters. The molecule has 30 heavy (non-hydrogen) atoms. The monoisotopic (exact) mass is 416 g/mol. The van der Waals surface area contributed by atoms with Crippen LogP contribution in [0.25, 0.3) is 0 Å². The Morgan fingerprint density at radius 3 is 2.57 bits per heavy atom. The molecule has 7 nitrogen and oxygen atoms in total. The van der Waals surface area contributed by atoms with Crippen LogP contribution >= 0.6 is 0 Å². The molecule has 1 saturated carbocycles. The van der Waals surface area contributed by atoms with Crippen LogP contribution in [0.5, 0.6) is 0 Å². The van der Waals surface area contributed by atoms with Crippen LogP contribution in [0.1, 0.15) is 44.6 Å². The smallest absolute Gasteiger partial charge is 0.320 e. The lowest BCUT2D eigenvalue weighted by atomic mass is 9.63. The summed E-state index contributed by atoms with van der Waals surface area (Å²) in [5.41, 5.74) is 0.651. The van der Waals surface area contributed by atoms with E-state index in [-0.39, 0.29) is 23.7 Å². The summed E-state index contributed by atoms with van der Waals surface area (Å²) in [5, 5.41) is 25.2. The van der Waals surface area contributed by atoms with Gasteiger partial charge in [0.15, 0.2) is 5.78 Å². The summed E-state index contributed by atoms with van der Waals surface area (Å²) in [7, 11) is 0. The van der Waals surface area contributed by atoms with E-state index in [0.717, 1.165) is 31.2 Å². The second kappa shape index (κ2) is 9.71. The van der Waals surface area contributed by atoms with E-state index >= 15 is 0 Å². The van der Waals surface area contributed by atoms with E-state index in [1.807, 2.05) is 30.3 Å². The molecule has 1 spiro atoms. The van der Waals surface area contributed by atoms with E-state index in [0.29, 0.717) is 19.4 Å². The van der Waals surface area contributed by atoms with Crippen LogP contribution in [-0.2, 0) is 20.8 Å². The maximum atomic E-state index is 13.3. The minimum Gasteiger partial charge on any atom is -0.481 e. The van der Waals surface area contributed by atoms with Crippen molar-refractivity contribution in [3.8, 4) is 0 Å². The maximum absolute atomic E-state index is 13.3. The van der Waals surface area contributed by atoms with Crippen molar-refractivity contribution in [1.29, 1.82) is 0 Å². The number of Topliss-reactive ketones (excluding diaryl/α,β-unsaturated/α-hetero) is 1. The summed E-state index contributed by atoms with van der Waals surface area (Å²) in [4.78, 5) is 36.4. The molecule has 4 unspecified atom stereocenters. The van der Waals surface area contributed by atoms with Gasteiger partial charge in [0.25, 0.3) is 0 Å².